The number of nitriles is 1. The number of ether oxygens (including phenoxy) is 1. The average molecular weight is 435 g/mol. The summed E-state index contributed by atoms with van der Waals surface area (Å²) in [5.41, 5.74) is 6.75. The molecule has 3 N–H and O–H groups in total. The van der Waals surface area contributed by atoms with Crippen molar-refractivity contribution in [2.24, 2.45) is 17.6 Å². The van der Waals surface area contributed by atoms with Crippen LogP contribution in [-0.2, 0) is 13.1 Å². The highest BCUT2D eigenvalue weighted by molar-refractivity contribution is 5.96. The molecule has 2 aromatic heterocycles. The molecule has 1 aromatic carbocycles. The predicted molar refractivity (Wildman–Crippen MR) is 121 cm³/mol. The van der Waals surface area contributed by atoms with Gasteiger partial charge in [-0.1, -0.05) is 19.1 Å². The summed E-state index contributed by atoms with van der Waals surface area (Å²) >= 11 is 0. The van der Waals surface area contributed by atoms with Gasteiger partial charge >= 0.3 is 0 Å². The molecule has 1 aliphatic carbocycles. The summed E-state index contributed by atoms with van der Waals surface area (Å²) in [5.74, 6) is 1.89. The fourth-order valence-electron chi connectivity index (χ4n) is 3.97. The number of methoxy groups -OCH3 is 1. The second-order valence-electron chi connectivity index (χ2n) is 8.16. The normalized spacial score (nSPS) is 17.2. The fraction of sp³-hybridized carbons (Fsp3) is 0.391. The summed E-state index contributed by atoms with van der Waals surface area (Å²) in [6, 6.07) is 8.98. The maximum absolute atomic E-state index is 13.4. The third-order valence-electron chi connectivity index (χ3n) is 5.97. The molecule has 0 spiro atoms. The van der Waals surface area contributed by atoms with E-state index < -0.39 is 0 Å². The number of fused-ring (bicyclic) bond motifs is 1. The van der Waals surface area contributed by atoms with E-state index in [1.165, 1.54) is 18.0 Å². The zero-order valence-corrected chi connectivity index (χ0v) is 18.2. The highest BCUT2D eigenvalue weighted by Gasteiger charge is 2.35. The van der Waals surface area contributed by atoms with Crippen LogP contribution in [0.4, 0.5) is 5.82 Å². The molecule has 1 aliphatic rings. The van der Waals surface area contributed by atoms with Crippen LogP contribution >= 0.6 is 0 Å². The minimum atomic E-state index is -0.350. The van der Waals surface area contributed by atoms with Gasteiger partial charge in [0.05, 0.1) is 20.0 Å². The Hall–Kier alpha value is -3.64. The first kappa shape index (κ1) is 21.6. The van der Waals surface area contributed by atoms with E-state index in [4.69, 9.17) is 10.5 Å². The van der Waals surface area contributed by atoms with Crippen LogP contribution in [0, 0.1) is 23.2 Å². The Morgan fingerprint density at radius 3 is 2.88 bits per heavy atom. The fourth-order valence-corrected chi connectivity index (χ4v) is 3.97. The van der Waals surface area contributed by atoms with Crippen molar-refractivity contribution in [1.82, 2.24) is 14.1 Å². The molecule has 2 heterocycles. The summed E-state index contributed by atoms with van der Waals surface area (Å²) in [5, 5.41) is 13.0. The Balaban J connectivity index is 1.78. The minimum Gasteiger partial charge on any atom is -0.497 e. The van der Waals surface area contributed by atoms with Gasteiger partial charge in [0.25, 0.3) is 5.56 Å². The number of nitrogens with two attached hydrogens (primary N) is 1. The summed E-state index contributed by atoms with van der Waals surface area (Å²) in [4.78, 5) is 30.7. The first-order chi connectivity index (χ1) is 15.5. The maximum atomic E-state index is 13.4. The van der Waals surface area contributed by atoms with Gasteiger partial charge in [-0.2, -0.15) is 5.26 Å². The Labute approximate surface area is 185 Å². The first-order valence-corrected chi connectivity index (χ1v) is 10.6. The SMILES string of the molecule is COc1cccc(C(=O)Cn2cnc3c(C#N)c(NCCN)n(C[C@@H]4CC4C)c3c2=O)c1. The zero-order valence-electron chi connectivity index (χ0n) is 18.2. The lowest BCUT2D eigenvalue weighted by atomic mass is 10.1. The second kappa shape index (κ2) is 8.85. The van der Waals surface area contributed by atoms with Crippen molar-refractivity contribution in [2.45, 2.75) is 26.4 Å². The molecule has 0 amide bonds. The molecule has 0 radical (unpaired) electrons. The van der Waals surface area contributed by atoms with Crippen LogP contribution in [0.2, 0.25) is 0 Å². The lowest BCUT2D eigenvalue weighted by molar-refractivity contribution is 0.0970. The van der Waals surface area contributed by atoms with Crippen LogP contribution < -0.4 is 21.3 Å². The third-order valence-corrected chi connectivity index (χ3v) is 5.97. The number of hydrogen-bond donors (Lipinski definition) is 2. The molecule has 1 fully saturated rings. The standard InChI is InChI=1S/C23H26N6O3/c1-14-8-16(14)11-29-21-20(18(10-25)22(29)26-7-6-24)27-13-28(23(21)31)12-19(30)15-4-3-5-17(9-15)32-2/h3-5,9,13-14,16,26H,6-8,11-12,24H2,1-2H3/t14?,16-/m0/s1. The van der Waals surface area contributed by atoms with Gasteiger partial charge in [0.1, 0.15) is 34.2 Å². The van der Waals surface area contributed by atoms with E-state index in [1.807, 2.05) is 4.57 Å². The van der Waals surface area contributed by atoms with Gasteiger partial charge in [-0.15, -0.1) is 0 Å². The molecule has 1 unspecified atom stereocenters. The molecular formula is C23H26N6O3. The Morgan fingerprint density at radius 1 is 1.44 bits per heavy atom. The van der Waals surface area contributed by atoms with E-state index in [-0.39, 0.29) is 17.9 Å². The number of Topliss-reactive ketones (excluding diaryl/α,β-unsaturated/α-hetero) is 1. The molecule has 0 aliphatic heterocycles. The van der Waals surface area contributed by atoms with Crippen LogP contribution in [0.15, 0.2) is 35.4 Å². The minimum absolute atomic E-state index is 0.159. The number of carbonyl (C=O) groups is 1. The Bertz CT molecular complexity index is 1270. The van der Waals surface area contributed by atoms with Gasteiger partial charge in [-0.3, -0.25) is 14.2 Å². The molecule has 0 bridgehead atoms. The number of nitrogens with zero attached hydrogens (tertiary/aromatic N) is 4. The summed E-state index contributed by atoms with van der Waals surface area (Å²) < 4.78 is 8.32. The highest BCUT2D eigenvalue weighted by atomic mass is 16.5. The number of aromatic nitrogens is 3. The van der Waals surface area contributed by atoms with Crippen molar-refractivity contribution in [2.75, 3.05) is 25.5 Å². The van der Waals surface area contributed by atoms with Gasteiger partial charge in [-0.05, 0) is 30.4 Å². The van der Waals surface area contributed by atoms with Crippen molar-refractivity contribution < 1.29 is 9.53 Å². The van der Waals surface area contributed by atoms with Crippen LogP contribution in [0.25, 0.3) is 11.0 Å². The Morgan fingerprint density at radius 2 is 2.22 bits per heavy atom. The molecule has 4 rings (SSSR count). The number of hydrogen-bond acceptors (Lipinski definition) is 7. The lowest BCUT2D eigenvalue weighted by Gasteiger charge is -2.12. The van der Waals surface area contributed by atoms with Gasteiger partial charge in [0.2, 0.25) is 0 Å². The van der Waals surface area contributed by atoms with Crippen LogP contribution in [-0.4, -0.2) is 40.1 Å². The monoisotopic (exact) mass is 434 g/mol. The number of nitrogens with one attached hydrogen (secondary N) is 1. The van der Waals surface area contributed by atoms with Gasteiger partial charge in [0, 0.05) is 25.2 Å². The highest BCUT2D eigenvalue weighted by Crippen LogP contribution is 2.41. The van der Waals surface area contributed by atoms with E-state index >= 15 is 0 Å². The molecule has 0 saturated heterocycles. The van der Waals surface area contributed by atoms with E-state index in [0.717, 1.165) is 6.42 Å². The molecule has 3 aromatic rings. The van der Waals surface area contributed by atoms with E-state index in [0.29, 0.717) is 65.2 Å². The summed E-state index contributed by atoms with van der Waals surface area (Å²) in [7, 11) is 1.53. The van der Waals surface area contributed by atoms with E-state index in [9.17, 15) is 14.9 Å². The Kier molecular flexibility index (Phi) is 5.97. The van der Waals surface area contributed by atoms with Crippen molar-refractivity contribution in [3.05, 3.63) is 52.1 Å². The maximum Gasteiger partial charge on any atom is 0.278 e. The largest absolute Gasteiger partial charge is 0.497 e. The molecule has 1 saturated carbocycles. The van der Waals surface area contributed by atoms with Crippen LogP contribution in [0.1, 0.15) is 29.3 Å². The number of benzene rings is 1. The predicted octanol–water partition coefficient (Wildman–Crippen LogP) is 1.99. The quantitative estimate of drug-likeness (QED) is 0.493. The number of carbonyl (C=O) groups excluding carboxylic acids is 1. The lowest BCUT2D eigenvalue weighted by Crippen LogP contribution is -2.26. The van der Waals surface area contributed by atoms with Crippen molar-refractivity contribution in [3.8, 4) is 11.8 Å². The van der Waals surface area contributed by atoms with E-state index in [2.05, 4.69) is 23.3 Å². The summed E-state index contributed by atoms with van der Waals surface area (Å²) in [6.07, 6.45) is 2.40. The topological polar surface area (TPSA) is 128 Å². The van der Waals surface area contributed by atoms with Crippen molar-refractivity contribution >= 4 is 22.6 Å². The first-order valence-electron chi connectivity index (χ1n) is 10.6. The molecule has 9 nitrogen and oxygen atoms in total. The van der Waals surface area contributed by atoms with Gasteiger partial charge < -0.3 is 20.4 Å². The number of anilines is 1. The molecule has 2 atom stereocenters. The van der Waals surface area contributed by atoms with E-state index in [1.54, 1.807) is 24.3 Å². The van der Waals surface area contributed by atoms with Gasteiger partial charge in [-0.25, -0.2) is 4.98 Å². The van der Waals surface area contributed by atoms with Crippen LogP contribution in [0.5, 0.6) is 5.75 Å². The molecule has 166 valence electrons. The summed E-state index contributed by atoms with van der Waals surface area (Å²) in [6.45, 7) is 3.47. The smallest absolute Gasteiger partial charge is 0.278 e. The van der Waals surface area contributed by atoms with Crippen LogP contribution in [0.3, 0.4) is 0 Å². The third kappa shape index (κ3) is 3.97. The number of rotatable bonds is 9. The van der Waals surface area contributed by atoms with Gasteiger partial charge in [0.15, 0.2) is 5.78 Å². The molecular weight excluding hydrogens is 408 g/mol. The zero-order chi connectivity index (χ0) is 22.8. The second-order valence-corrected chi connectivity index (χ2v) is 8.16. The molecule has 9 heteroatoms. The molecule has 32 heavy (non-hydrogen) atoms. The average Bonchev–Trinajstić information content (AvgIpc) is 3.41. The van der Waals surface area contributed by atoms with Crippen molar-refractivity contribution in [1.29, 1.82) is 5.26 Å². The van der Waals surface area contributed by atoms with Crippen molar-refractivity contribution in [3.63, 3.8) is 0 Å². The number of ketones is 1.